The lowest BCUT2D eigenvalue weighted by Gasteiger charge is -2.13. The summed E-state index contributed by atoms with van der Waals surface area (Å²) in [5, 5.41) is 5.93. The van der Waals surface area contributed by atoms with Crippen LogP contribution in [0.25, 0.3) is 0 Å². The molecule has 0 aromatic carbocycles. The van der Waals surface area contributed by atoms with Crippen molar-refractivity contribution in [3.63, 3.8) is 0 Å². The summed E-state index contributed by atoms with van der Waals surface area (Å²) in [7, 11) is 0. The van der Waals surface area contributed by atoms with E-state index in [9.17, 15) is 9.59 Å². The summed E-state index contributed by atoms with van der Waals surface area (Å²) in [6.45, 7) is 4.62. The van der Waals surface area contributed by atoms with Gasteiger partial charge < -0.3 is 16.4 Å². The molecule has 0 radical (unpaired) electrons. The number of nitrogen functional groups attached to an aromatic ring is 1. The average molecular weight is 370 g/mol. The van der Waals surface area contributed by atoms with Crippen LogP contribution in [-0.4, -0.2) is 27.0 Å². The zero-order valence-corrected chi connectivity index (χ0v) is 15.8. The third-order valence-electron chi connectivity index (χ3n) is 4.79. The molecule has 2 heterocycles. The van der Waals surface area contributed by atoms with Gasteiger partial charge in [-0.2, -0.15) is 0 Å². The number of rotatable bonds is 8. The maximum atomic E-state index is 12.6. The molecular formula is C19H26N6O2. The van der Waals surface area contributed by atoms with Gasteiger partial charge in [0, 0.05) is 30.7 Å². The van der Waals surface area contributed by atoms with Gasteiger partial charge in [0.15, 0.2) is 5.82 Å². The summed E-state index contributed by atoms with van der Waals surface area (Å²) in [6.07, 6.45) is 5.21. The Morgan fingerprint density at radius 2 is 2.11 bits per heavy atom. The maximum absolute atomic E-state index is 12.6. The molecule has 1 aliphatic carbocycles. The van der Waals surface area contributed by atoms with Crippen molar-refractivity contribution in [3.05, 3.63) is 45.6 Å². The number of hydrogen-bond acceptors (Lipinski definition) is 6. The predicted molar refractivity (Wildman–Crippen MR) is 104 cm³/mol. The van der Waals surface area contributed by atoms with Gasteiger partial charge >= 0.3 is 0 Å². The van der Waals surface area contributed by atoms with Crippen molar-refractivity contribution in [1.29, 1.82) is 0 Å². The van der Waals surface area contributed by atoms with E-state index in [1.54, 1.807) is 19.2 Å². The summed E-state index contributed by atoms with van der Waals surface area (Å²) in [5.74, 6) is 1.28. The summed E-state index contributed by atoms with van der Waals surface area (Å²) < 4.78 is 1.44. The SMILES string of the molecule is Cc1nc(N)ccc1CNC(=O)Cn1c(C)cnc(NCCC2CC2)c1=O. The first-order chi connectivity index (χ1) is 12.9. The Hall–Kier alpha value is -2.90. The molecule has 1 fully saturated rings. The lowest BCUT2D eigenvalue weighted by Crippen LogP contribution is -2.34. The minimum Gasteiger partial charge on any atom is -0.384 e. The van der Waals surface area contributed by atoms with E-state index in [0.717, 1.165) is 30.1 Å². The van der Waals surface area contributed by atoms with Crippen molar-refractivity contribution < 1.29 is 4.79 Å². The normalized spacial score (nSPS) is 13.4. The molecule has 0 unspecified atom stereocenters. The zero-order chi connectivity index (χ0) is 19.4. The third-order valence-corrected chi connectivity index (χ3v) is 4.79. The first-order valence-corrected chi connectivity index (χ1v) is 9.23. The Morgan fingerprint density at radius 3 is 2.81 bits per heavy atom. The number of nitrogens with one attached hydrogen (secondary N) is 2. The molecule has 1 aliphatic rings. The van der Waals surface area contributed by atoms with Crippen LogP contribution in [0.5, 0.6) is 0 Å². The van der Waals surface area contributed by atoms with Crippen LogP contribution in [0.3, 0.4) is 0 Å². The van der Waals surface area contributed by atoms with E-state index in [1.165, 1.54) is 17.4 Å². The molecule has 1 amide bonds. The van der Waals surface area contributed by atoms with Crippen LogP contribution in [0.2, 0.25) is 0 Å². The first-order valence-electron chi connectivity index (χ1n) is 9.23. The van der Waals surface area contributed by atoms with Gasteiger partial charge in [0.1, 0.15) is 12.4 Å². The van der Waals surface area contributed by atoms with Crippen molar-refractivity contribution in [2.45, 2.75) is 46.2 Å². The molecule has 0 spiro atoms. The Kier molecular flexibility index (Phi) is 5.73. The molecule has 2 aromatic heterocycles. The van der Waals surface area contributed by atoms with E-state index >= 15 is 0 Å². The summed E-state index contributed by atoms with van der Waals surface area (Å²) >= 11 is 0. The Balaban J connectivity index is 1.61. The Morgan fingerprint density at radius 1 is 1.33 bits per heavy atom. The van der Waals surface area contributed by atoms with Crippen molar-refractivity contribution >= 4 is 17.5 Å². The molecule has 8 heteroatoms. The van der Waals surface area contributed by atoms with Crippen LogP contribution < -0.4 is 21.9 Å². The zero-order valence-electron chi connectivity index (χ0n) is 15.8. The highest BCUT2D eigenvalue weighted by Crippen LogP contribution is 2.31. The number of hydrogen-bond donors (Lipinski definition) is 3. The summed E-state index contributed by atoms with van der Waals surface area (Å²) in [6, 6.07) is 3.54. The van der Waals surface area contributed by atoms with E-state index in [1.807, 2.05) is 13.0 Å². The number of anilines is 2. The fraction of sp³-hybridized carbons (Fsp3) is 0.474. The second kappa shape index (κ2) is 8.20. The van der Waals surface area contributed by atoms with Crippen LogP contribution in [0.4, 0.5) is 11.6 Å². The molecular weight excluding hydrogens is 344 g/mol. The quantitative estimate of drug-likeness (QED) is 0.646. The van der Waals surface area contributed by atoms with E-state index in [2.05, 4.69) is 20.6 Å². The molecule has 0 saturated heterocycles. The first kappa shape index (κ1) is 18.9. The number of pyridine rings is 1. The largest absolute Gasteiger partial charge is 0.384 e. The van der Waals surface area contributed by atoms with Gasteiger partial charge in [-0.3, -0.25) is 14.2 Å². The lowest BCUT2D eigenvalue weighted by atomic mass is 10.2. The van der Waals surface area contributed by atoms with Gasteiger partial charge in [0.2, 0.25) is 5.91 Å². The Labute approximate surface area is 158 Å². The standard InChI is InChI=1S/C19H26N6O2/c1-12-9-23-18(21-8-7-14-3-4-14)19(27)25(12)11-17(26)22-10-15-5-6-16(20)24-13(15)2/h5-6,9,14H,3-4,7-8,10-11H2,1-2H3,(H2,20,24)(H,21,23)(H,22,26). The van der Waals surface area contributed by atoms with Crippen LogP contribution in [-0.2, 0) is 17.9 Å². The fourth-order valence-corrected chi connectivity index (χ4v) is 2.88. The molecule has 0 bridgehead atoms. The number of aryl methyl sites for hydroxylation is 2. The summed E-state index contributed by atoms with van der Waals surface area (Å²) in [4.78, 5) is 33.3. The van der Waals surface area contributed by atoms with Crippen molar-refractivity contribution in [2.75, 3.05) is 17.6 Å². The molecule has 4 N–H and O–H groups in total. The number of nitrogens with two attached hydrogens (primary N) is 1. The lowest BCUT2D eigenvalue weighted by molar-refractivity contribution is -0.121. The number of carbonyl (C=O) groups is 1. The average Bonchev–Trinajstić information content (AvgIpc) is 3.44. The molecule has 0 atom stereocenters. The fourth-order valence-electron chi connectivity index (χ4n) is 2.88. The number of amides is 1. The van der Waals surface area contributed by atoms with E-state index in [4.69, 9.17) is 5.73 Å². The smallest absolute Gasteiger partial charge is 0.293 e. The molecule has 2 aromatic rings. The van der Waals surface area contributed by atoms with Gasteiger partial charge in [-0.1, -0.05) is 18.9 Å². The number of aromatic nitrogens is 3. The van der Waals surface area contributed by atoms with E-state index in [0.29, 0.717) is 23.9 Å². The van der Waals surface area contributed by atoms with Crippen LogP contribution in [0.15, 0.2) is 23.1 Å². The second-order valence-electron chi connectivity index (χ2n) is 7.06. The van der Waals surface area contributed by atoms with Gasteiger partial charge in [-0.05, 0) is 37.8 Å². The summed E-state index contributed by atoms with van der Waals surface area (Å²) in [5.41, 5.74) is 7.67. The monoisotopic (exact) mass is 370 g/mol. The topological polar surface area (TPSA) is 115 Å². The van der Waals surface area contributed by atoms with Crippen molar-refractivity contribution in [2.24, 2.45) is 5.92 Å². The van der Waals surface area contributed by atoms with Crippen molar-refractivity contribution in [1.82, 2.24) is 19.9 Å². The maximum Gasteiger partial charge on any atom is 0.293 e. The molecule has 3 rings (SSSR count). The van der Waals surface area contributed by atoms with Gasteiger partial charge in [0.05, 0.1) is 0 Å². The van der Waals surface area contributed by atoms with Gasteiger partial charge in [0.25, 0.3) is 5.56 Å². The highest BCUT2D eigenvalue weighted by molar-refractivity contribution is 5.75. The van der Waals surface area contributed by atoms with Crippen LogP contribution >= 0.6 is 0 Å². The molecule has 144 valence electrons. The third kappa shape index (κ3) is 5.06. The molecule has 27 heavy (non-hydrogen) atoms. The van der Waals surface area contributed by atoms with Crippen LogP contribution in [0, 0.1) is 19.8 Å². The number of carbonyl (C=O) groups excluding carboxylic acids is 1. The number of nitrogens with zero attached hydrogens (tertiary/aromatic N) is 3. The van der Waals surface area contributed by atoms with E-state index < -0.39 is 0 Å². The molecule has 1 saturated carbocycles. The Bertz CT molecular complexity index is 888. The second-order valence-corrected chi connectivity index (χ2v) is 7.06. The molecule has 8 nitrogen and oxygen atoms in total. The van der Waals surface area contributed by atoms with Crippen molar-refractivity contribution in [3.8, 4) is 0 Å². The highest BCUT2D eigenvalue weighted by Gasteiger charge is 2.20. The molecule has 0 aliphatic heterocycles. The minimum absolute atomic E-state index is 0.0497. The minimum atomic E-state index is -0.272. The highest BCUT2D eigenvalue weighted by atomic mass is 16.2. The predicted octanol–water partition coefficient (Wildman–Crippen LogP) is 1.37. The van der Waals surface area contributed by atoms with Gasteiger partial charge in [-0.15, -0.1) is 0 Å². The van der Waals surface area contributed by atoms with Gasteiger partial charge in [-0.25, -0.2) is 9.97 Å². The van der Waals surface area contributed by atoms with E-state index in [-0.39, 0.29) is 18.0 Å². The van der Waals surface area contributed by atoms with Crippen LogP contribution in [0.1, 0.15) is 36.2 Å².